The highest BCUT2D eigenvalue weighted by atomic mass is 16.5. The lowest BCUT2D eigenvalue weighted by molar-refractivity contribution is 0.0726. The van der Waals surface area contributed by atoms with Crippen molar-refractivity contribution in [1.82, 2.24) is 9.80 Å². The fourth-order valence-electron chi connectivity index (χ4n) is 3.81. The van der Waals surface area contributed by atoms with Gasteiger partial charge in [0.25, 0.3) is 0 Å². The normalized spacial score (nSPS) is 24.8. The number of fused-ring (bicyclic) bond motifs is 1. The van der Waals surface area contributed by atoms with Crippen LogP contribution < -0.4 is 10.5 Å². The number of para-hydroxylation sites is 1. The molecule has 4 heteroatoms. The van der Waals surface area contributed by atoms with E-state index in [1.807, 2.05) is 13.0 Å². The second kappa shape index (κ2) is 6.77. The lowest BCUT2D eigenvalue weighted by atomic mass is 10.0. The molecule has 0 radical (unpaired) electrons. The summed E-state index contributed by atoms with van der Waals surface area (Å²) in [5.41, 5.74) is 7.37. The second-order valence-electron chi connectivity index (χ2n) is 6.05. The average Bonchev–Trinajstić information content (AvgIpc) is 2.98. The van der Waals surface area contributed by atoms with Crippen LogP contribution in [0.15, 0.2) is 24.3 Å². The van der Waals surface area contributed by atoms with E-state index in [4.69, 9.17) is 10.5 Å². The molecule has 2 saturated heterocycles. The Kier molecular flexibility index (Phi) is 4.78. The van der Waals surface area contributed by atoms with Crippen molar-refractivity contribution in [3.05, 3.63) is 29.8 Å². The van der Waals surface area contributed by atoms with Crippen molar-refractivity contribution in [2.45, 2.75) is 31.8 Å². The van der Waals surface area contributed by atoms with Crippen molar-refractivity contribution in [1.29, 1.82) is 0 Å². The zero-order valence-corrected chi connectivity index (χ0v) is 13.0. The third kappa shape index (κ3) is 3.07. The number of piperazine rings is 1. The molecule has 2 N–H and O–H groups in total. The standard InChI is InChI=1S/C17H27N3O/c1-2-21-17-8-4-3-7-15(17)16(12-18)20-11-10-19-9-5-6-14(19)13-20/h3-4,7-8,14,16H,2,5-6,9-13,18H2,1H3. The summed E-state index contributed by atoms with van der Waals surface area (Å²) in [4.78, 5) is 5.20. The van der Waals surface area contributed by atoms with Crippen molar-refractivity contribution in [2.24, 2.45) is 5.73 Å². The molecule has 21 heavy (non-hydrogen) atoms. The van der Waals surface area contributed by atoms with E-state index in [-0.39, 0.29) is 6.04 Å². The monoisotopic (exact) mass is 289 g/mol. The minimum Gasteiger partial charge on any atom is -0.494 e. The van der Waals surface area contributed by atoms with Gasteiger partial charge < -0.3 is 10.5 Å². The number of nitrogens with two attached hydrogens (primary N) is 1. The lowest BCUT2D eigenvalue weighted by Gasteiger charge is -2.41. The molecule has 0 aromatic heterocycles. The first-order valence-electron chi connectivity index (χ1n) is 8.23. The van der Waals surface area contributed by atoms with Crippen LogP contribution in [0.5, 0.6) is 5.75 Å². The van der Waals surface area contributed by atoms with Crippen LogP contribution in [0.25, 0.3) is 0 Å². The van der Waals surface area contributed by atoms with Crippen molar-refractivity contribution in [3.8, 4) is 5.75 Å². The van der Waals surface area contributed by atoms with Gasteiger partial charge in [-0.1, -0.05) is 18.2 Å². The Hall–Kier alpha value is -1.10. The minimum absolute atomic E-state index is 0.274. The van der Waals surface area contributed by atoms with Gasteiger partial charge in [-0.05, 0) is 32.4 Å². The summed E-state index contributed by atoms with van der Waals surface area (Å²) in [6.45, 7) is 8.09. The molecule has 0 amide bonds. The van der Waals surface area contributed by atoms with E-state index in [1.165, 1.54) is 31.5 Å². The largest absolute Gasteiger partial charge is 0.494 e. The van der Waals surface area contributed by atoms with Crippen molar-refractivity contribution < 1.29 is 4.74 Å². The molecule has 0 spiro atoms. The zero-order valence-electron chi connectivity index (χ0n) is 13.0. The van der Waals surface area contributed by atoms with E-state index in [0.717, 1.165) is 24.9 Å². The predicted octanol–water partition coefficient (Wildman–Crippen LogP) is 1.87. The topological polar surface area (TPSA) is 41.7 Å². The Morgan fingerprint density at radius 3 is 2.95 bits per heavy atom. The lowest BCUT2D eigenvalue weighted by Crippen LogP contribution is -2.52. The summed E-state index contributed by atoms with van der Waals surface area (Å²) >= 11 is 0. The summed E-state index contributed by atoms with van der Waals surface area (Å²) < 4.78 is 5.80. The van der Waals surface area contributed by atoms with Gasteiger partial charge in [0.2, 0.25) is 0 Å². The molecule has 2 aliphatic heterocycles. The van der Waals surface area contributed by atoms with Crippen LogP contribution in [0.1, 0.15) is 31.4 Å². The predicted molar refractivity (Wildman–Crippen MR) is 85.6 cm³/mol. The van der Waals surface area contributed by atoms with Crippen LogP contribution in [0.3, 0.4) is 0 Å². The summed E-state index contributed by atoms with van der Waals surface area (Å²) in [6.07, 6.45) is 2.68. The molecule has 0 bridgehead atoms. The summed E-state index contributed by atoms with van der Waals surface area (Å²) in [6, 6.07) is 9.36. The third-order valence-electron chi connectivity index (χ3n) is 4.86. The van der Waals surface area contributed by atoms with E-state index in [1.54, 1.807) is 0 Å². The molecule has 2 aliphatic rings. The summed E-state index contributed by atoms with van der Waals surface area (Å²) in [7, 11) is 0. The van der Waals surface area contributed by atoms with Gasteiger partial charge in [0.05, 0.1) is 12.6 Å². The first-order valence-corrected chi connectivity index (χ1v) is 8.23. The first-order chi connectivity index (χ1) is 10.3. The molecule has 2 heterocycles. The molecular formula is C17H27N3O. The van der Waals surface area contributed by atoms with Crippen LogP contribution in [0.2, 0.25) is 0 Å². The Morgan fingerprint density at radius 1 is 1.29 bits per heavy atom. The van der Waals surface area contributed by atoms with E-state index in [2.05, 4.69) is 28.0 Å². The van der Waals surface area contributed by atoms with Gasteiger partial charge in [-0.25, -0.2) is 0 Å². The van der Waals surface area contributed by atoms with Crippen molar-refractivity contribution in [3.63, 3.8) is 0 Å². The van der Waals surface area contributed by atoms with E-state index in [0.29, 0.717) is 13.2 Å². The molecule has 0 saturated carbocycles. The number of ether oxygens (including phenoxy) is 1. The Balaban J connectivity index is 1.78. The van der Waals surface area contributed by atoms with Gasteiger partial charge >= 0.3 is 0 Å². The smallest absolute Gasteiger partial charge is 0.124 e. The Morgan fingerprint density at radius 2 is 2.14 bits per heavy atom. The first kappa shape index (κ1) is 14.8. The Labute approximate surface area is 127 Å². The summed E-state index contributed by atoms with van der Waals surface area (Å²) in [5, 5.41) is 0. The second-order valence-corrected chi connectivity index (χ2v) is 6.05. The molecule has 1 aromatic carbocycles. The molecule has 116 valence electrons. The maximum Gasteiger partial charge on any atom is 0.124 e. The molecular weight excluding hydrogens is 262 g/mol. The highest BCUT2D eigenvalue weighted by molar-refractivity contribution is 5.36. The molecule has 1 aromatic rings. The van der Waals surface area contributed by atoms with Crippen molar-refractivity contribution >= 4 is 0 Å². The van der Waals surface area contributed by atoms with Gasteiger partial charge in [-0.2, -0.15) is 0 Å². The zero-order chi connectivity index (χ0) is 14.7. The molecule has 3 rings (SSSR count). The van der Waals surface area contributed by atoms with Gasteiger partial charge in [0.15, 0.2) is 0 Å². The number of hydrogen-bond donors (Lipinski definition) is 1. The average molecular weight is 289 g/mol. The van der Waals surface area contributed by atoms with Gasteiger partial charge in [0.1, 0.15) is 5.75 Å². The molecule has 2 unspecified atom stereocenters. The van der Waals surface area contributed by atoms with Crippen LogP contribution >= 0.6 is 0 Å². The van der Waals surface area contributed by atoms with E-state index in [9.17, 15) is 0 Å². The van der Waals surface area contributed by atoms with Crippen LogP contribution in [-0.2, 0) is 0 Å². The Bertz CT molecular complexity index is 465. The minimum atomic E-state index is 0.274. The molecule has 0 aliphatic carbocycles. The molecule has 2 fully saturated rings. The highest BCUT2D eigenvalue weighted by Gasteiger charge is 2.34. The van der Waals surface area contributed by atoms with Crippen molar-refractivity contribution in [2.75, 3.05) is 39.3 Å². The van der Waals surface area contributed by atoms with Crippen LogP contribution in [0.4, 0.5) is 0 Å². The number of hydrogen-bond acceptors (Lipinski definition) is 4. The SMILES string of the molecule is CCOc1ccccc1C(CN)N1CCN2CCCC2C1. The number of nitrogens with zero attached hydrogens (tertiary/aromatic N) is 2. The van der Waals surface area contributed by atoms with Crippen LogP contribution in [0, 0.1) is 0 Å². The molecule has 4 nitrogen and oxygen atoms in total. The van der Waals surface area contributed by atoms with Crippen LogP contribution in [-0.4, -0.2) is 55.2 Å². The highest BCUT2D eigenvalue weighted by Crippen LogP contribution is 2.32. The fourth-order valence-corrected chi connectivity index (χ4v) is 3.81. The van der Waals surface area contributed by atoms with E-state index < -0.39 is 0 Å². The van der Waals surface area contributed by atoms with Gasteiger partial charge in [0, 0.05) is 37.8 Å². The maximum atomic E-state index is 6.13. The molecule has 2 atom stereocenters. The summed E-state index contributed by atoms with van der Waals surface area (Å²) in [5.74, 6) is 0.990. The number of benzene rings is 1. The quantitative estimate of drug-likeness (QED) is 0.898. The van der Waals surface area contributed by atoms with Gasteiger partial charge in [-0.3, -0.25) is 9.80 Å². The number of rotatable bonds is 5. The van der Waals surface area contributed by atoms with E-state index >= 15 is 0 Å². The maximum absolute atomic E-state index is 6.13. The third-order valence-corrected chi connectivity index (χ3v) is 4.86. The fraction of sp³-hybridized carbons (Fsp3) is 0.647. The van der Waals surface area contributed by atoms with Gasteiger partial charge in [-0.15, -0.1) is 0 Å².